The molecule has 0 aromatic rings. The summed E-state index contributed by atoms with van der Waals surface area (Å²) >= 11 is 0. The number of rotatable bonds is 17. The van der Waals surface area contributed by atoms with E-state index in [9.17, 15) is 4.57 Å². The van der Waals surface area contributed by atoms with Crippen LogP contribution in [0.2, 0.25) is 6.04 Å². The summed E-state index contributed by atoms with van der Waals surface area (Å²) in [6.07, 6.45) is 4.26. The molecule has 0 aliphatic heterocycles. The maximum Gasteiger partial charge on any atom is 0.501 e. The van der Waals surface area contributed by atoms with E-state index in [4.69, 9.17) is 22.3 Å². The fraction of sp³-hybridized carbons (Fsp3) is 1.00. The largest absolute Gasteiger partial charge is 0.501 e. The van der Waals surface area contributed by atoms with Gasteiger partial charge in [0.15, 0.2) is 0 Å². The second-order valence-corrected chi connectivity index (χ2v) is 10.6. The molecular formula is C16H37O6PSi. The minimum atomic E-state index is -2.96. The SMILES string of the molecule is CCCO[Si](CCCOP(C)(=O)OCCC)(OCCC)OCCC. The van der Waals surface area contributed by atoms with E-state index in [0.717, 1.165) is 25.7 Å². The molecule has 0 bridgehead atoms. The molecule has 0 spiro atoms. The highest BCUT2D eigenvalue weighted by Crippen LogP contribution is 2.44. The van der Waals surface area contributed by atoms with Crippen molar-refractivity contribution in [2.45, 2.75) is 65.8 Å². The third kappa shape index (κ3) is 11.7. The normalized spacial score (nSPS) is 14.7. The highest BCUT2D eigenvalue weighted by Gasteiger charge is 2.40. The summed E-state index contributed by atoms with van der Waals surface area (Å²) in [5.41, 5.74) is 0. The highest BCUT2D eigenvalue weighted by atomic mass is 31.2. The molecule has 24 heavy (non-hydrogen) atoms. The van der Waals surface area contributed by atoms with Gasteiger partial charge >= 0.3 is 16.4 Å². The number of hydrogen-bond donors (Lipinski definition) is 0. The van der Waals surface area contributed by atoms with Crippen LogP contribution in [0, 0.1) is 0 Å². The van der Waals surface area contributed by atoms with Crippen molar-refractivity contribution >= 4 is 16.4 Å². The van der Waals surface area contributed by atoms with Gasteiger partial charge in [0.25, 0.3) is 0 Å². The molecule has 0 saturated carbocycles. The number of hydrogen-bond acceptors (Lipinski definition) is 6. The van der Waals surface area contributed by atoms with Gasteiger partial charge in [0, 0.05) is 32.5 Å². The lowest BCUT2D eigenvalue weighted by Crippen LogP contribution is -2.46. The molecule has 1 unspecified atom stereocenters. The minimum Gasteiger partial charge on any atom is -0.373 e. The van der Waals surface area contributed by atoms with Crippen LogP contribution >= 0.6 is 7.60 Å². The monoisotopic (exact) mass is 384 g/mol. The van der Waals surface area contributed by atoms with Gasteiger partial charge in [-0.15, -0.1) is 0 Å². The zero-order valence-electron chi connectivity index (χ0n) is 16.2. The van der Waals surface area contributed by atoms with E-state index in [0.29, 0.717) is 45.5 Å². The molecule has 0 fully saturated rings. The molecule has 0 aromatic carbocycles. The fourth-order valence-electron chi connectivity index (χ4n) is 1.93. The molecular weight excluding hydrogens is 347 g/mol. The van der Waals surface area contributed by atoms with Gasteiger partial charge in [0.2, 0.25) is 0 Å². The molecule has 146 valence electrons. The molecule has 1 atom stereocenters. The van der Waals surface area contributed by atoms with Crippen molar-refractivity contribution in [2.75, 3.05) is 39.7 Å². The van der Waals surface area contributed by atoms with E-state index in [2.05, 4.69) is 20.8 Å². The van der Waals surface area contributed by atoms with Gasteiger partial charge < -0.3 is 22.3 Å². The van der Waals surface area contributed by atoms with E-state index >= 15 is 0 Å². The Balaban J connectivity index is 4.52. The Kier molecular flexibility index (Phi) is 14.6. The van der Waals surface area contributed by atoms with Crippen LogP contribution in [0.1, 0.15) is 59.8 Å². The van der Waals surface area contributed by atoms with Crippen LogP contribution in [0.4, 0.5) is 0 Å². The summed E-state index contributed by atoms with van der Waals surface area (Å²) in [7, 11) is -5.65. The fourth-order valence-corrected chi connectivity index (χ4v) is 5.78. The van der Waals surface area contributed by atoms with E-state index in [1.54, 1.807) is 0 Å². The standard InChI is InChI=1S/C16H37O6PSi/c1-6-11-18-23(5,17)19-15-10-16-24(20-12-7-2,21-13-8-3)22-14-9-4/h6-16H2,1-5H3. The maximum absolute atomic E-state index is 12.1. The van der Waals surface area contributed by atoms with Crippen LogP contribution in [-0.4, -0.2) is 48.5 Å². The molecule has 0 heterocycles. The average Bonchev–Trinajstić information content (AvgIpc) is 2.58. The van der Waals surface area contributed by atoms with Crippen LogP contribution < -0.4 is 0 Å². The molecule has 0 aliphatic rings. The Hall–Kier alpha value is 0.247. The summed E-state index contributed by atoms with van der Waals surface area (Å²) in [6.45, 7) is 12.4. The lowest BCUT2D eigenvalue weighted by molar-refractivity contribution is 0.0574. The molecule has 8 heteroatoms. The second-order valence-electron chi connectivity index (χ2n) is 5.77. The first-order valence-electron chi connectivity index (χ1n) is 9.23. The zero-order valence-corrected chi connectivity index (χ0v) is 18.1. The lowest BCUT2D eigenvalue weighted by Gasteiger charge is -2.29. The van der Waals surface area contributed by atoms with Crippen molar-refractivity contribution in [3.8, 4) is 0 Å². The van der Waals surface area contributed by atoms with E-state index < -0.39 is 16.4 Å². The summed E-state index contributed by atoms with van der Waals surface area (Å²) in [5.74, 6) is 0. The topological polar surface area (TPSA) is 63.2 Å². The van der Waals surface area contributed by atoms with Gasteiger partial charge in [-0.05, 0) is 32.1 Å². The van der Waals surface area contributed by atoms with Crippen LogP contribution in [-0.2, 0) is 26.9 Å². The van der Waals surface area contributed by atoms with Crippen LogP contribution in [0.25, 0.3) is 0 Å². The maximum atomic E-state index is 12.1. The summed E-state index contributed by atoms with van der Waals surface area (Å²) in [5, 5.41) is 0. The second kappa shape index (κ2) is 14.4. The molecule has 0 amide bonds. The highest BCUT2D eigenvalue weighted by molar-refractivity contribution is 7.52. The van der Waals surface area contributed by atoms with Crippen molar-refractivity contribution in [2.24, 2.45) is 0 Å². The van der Waals surface area contributed by atoms with Gasteiger partial charge in [-0.2, -0.15) is 0 Å². The van der Waals surface area contributed by atoms with Crippen LogP contribution in [0.15, 0.2) is 0 Å². The van der Waals surface area contributed by atoms with Gasteiger partial charge in [0.05, 0.1) is 13.2 Å². The van der Waals surface area contributed by atoms with Crippen LogP contribution in [0.5, 0.6) is 0 Å². The summed E-state index contributed by atoms with van der Waals surface area (Å²) in [6, 6.07) is 0.667. The molecule has 0 radical (unpaired) electrons. The summed E-state index contributed by atoms with van der Waals surface area (Å²) < 4.78 is 40.8. The molecule has 0 aliphatic carbocycles. The molecule has 0 aromatic heterocycles. The van der Waals surface area contributed by atoms with Crippen molar-refractivity contribution in [1.29, 1.82) is 0 Å². The Morgan fingerprint density at radius 2 is 1.12 bits per heavy atom. The minimum absolute atomic E-state index is 0.354. The van der Waals surface area contributed by atoms with Gasteiger partial charge in [-0.25, -0.2) is 0 Å². The van der Waals surface area contributed by atoms with Gasteiger partial charge in [-0.3, -0.25) is 4.57 Å². The predicted octanol–water partition coefficient (Wildman–Crippen LogP) is 4.86. The smallest absolute Gasteiger partial charge is 0.373 e. The molecule has 0 rings (SSSR count). The van der Waals surface area contributed by atoms with Crippen molar-refractivity contribution < 1.29 is 26.9 Å². The van der Waals surface area contributed by atoms with Gasteiger partial charge in [-0.1, -0.05) is 27.7 Å². The van der Waals surface area contributed by atoms with E-state index in [-0.39, 0.29) is 0 Å². The third-order valence-electron chi connectivity index (χ3n) is 3.06. The van der Waals surface area contributed by atoms with Crippen molar-refractivity contribution in [3.05, 3.63) is 0 Å². The Morgan fingerprint density at radius 1 is 0.708 bits per heavy atom. The Labute approximate surface area is 149 Å². The zero-order chi connectivity index (χ0) is 18.3. The van der Waals surface area contributed by atoms with Crippen molar-refractivity contribution in [3.63, 3.8) is 0 Å². The molecule has 6 nitrogen and oxygen atoms in total. The Morgan fingerprint density at radius 3 is 1.54 bits per heavy atom. The quantitative estimate of drug-likeness (QED) is 0.203. The first-order chi connectivity index (χ1) is 11.4. The third-order valence-corrected chi connectivity index (χ3v) is 7.26. The first-order valence-corrected chi connectivity index (χ1v) is 13.2. The van der Waals surface area contributed by atoms with E-state index in [1.165, 1.54) is 6.66 Å². The first kappa shape index (κ1) is 24.2. The van der Waals surface area contributed by atoms with Crippen molar-refractivity contribution in [1.82, 2.24) is 0 Å². The van der Waals surface area contributed by atoms with E-state index in [1.807, 2.05) is 6.92 Å². The molecule has 0 saturated heterocycles. The Bertz CT molecular complexity index is 321. The predicted molar refractivity (Wildman–Crippen MR) is 99.6 cm³/mol. The average molecular weight is 385 g/mol. The van der Waals surface area contributed by atoms with Crippen LogP contribution in [0.3, 0.4) is 0 Å². The summed E-state index contributed by atoms with van der Waals surface area (Å²) in [4.78, 5) is 0. The lowest BCUT2D eigenvalue weighted by atomic mass is 10.5. The molecule has 0 N–H and O–H groups in total. The van der Waals surface area contributed by atoms with Gasteiger partial charge in [0.1, 0.15) is 0 Å².